The highest BCUT2D eigenvalue weighted by molar-refractivity contribution is 6.05. The van der Waals surface area contributed by atoms with Crippen molar-refractivity contribution in [2.75, 3.05) is 24.4 Å². The number of hydrogen-bond acceptors (Lipinski definition) is 8. The van der Waals surface area contributed by atoms with Crippen LogP contribution in [-0.4, -0.2) is 35.4 Å². The van der Waals surface area contributed by atoms with Gasteiger partial charge in [-0.15, -0.1) is 0 Å². The maximum Gasteiger partial charge on any atom is 0.293 e. The van der Waals surface area contributed by atoms with Crippen LogP contribution >= 0.6 is 0 Å². The van der Waals surface area contributed by atoms with E-state index in [1.165, 1.54) is 31.4 Å². The minimum atomic E-state index is -0.671. The molecule has 1 heterocycles. The van der Waals surface area contributed by atoms with Gasteiger partial charge in [-0.2, -0.15) is 0 Å². The summed E-state index contributed by atoms with van der Waals surface area (Å²) in [6.07, 6.45) is 1.64. The van der Waals surface area contributed by atoms with Crippen molar-refractivity contribution in [1.29, 1.82) is 0 Å². The molecule has 0 spiro atoms. The lowest BCUT2D eigenvalue weighted by Crippen LogP contribution is -2.20. The van der Waals surface area contributed by atoms with E-state index in [4.69, 9.17) is 15.2 Å². The lowest BCUT2D eigenvalue weighted by Gasteiger charge is -2.15. The Morgan fingerprint density at radius 3 is 2.59 bits per heavy atom. The average Bonchev–Trinajstić information content (AvgIpc) is 2.83. The van der Waals surface area contributed by atoms with Gasteiger partial charge in [-0.1, -0.05) is 6.07 Å². The fourth-order valence-corrected chi connectivity index (χ4v) is 3.10. The number of primary amides is 1. The van der Waals surface area contributed by atoms with Gasteiger partial charge >= 0.3 is 0 Å². The first-order valence-corrected chi connectivity index (χ1v) is 10.1. The number of aromatic nitrogens is 1. The van der Waals surface area contributed by atoms with Crippen molar-refractivity contribution in [1.82, 2.24) is 4.98 Å². The first-order valence-electron chi connectivity index (χ1n) is 10.1. The van der Waals surface area contributed by atoms with Crippen LogP contribution in [0.1, 0.15) is 29.0 Å². The molecule has 34 heavy (non-hydrogen) atoms. The first-order chi connectivity index (χ1) is 16.3. The summed E-state index contributed by atoms with van der Waals surface area (Å²) in [6.45, 7) is 1.46. The third kappa shape index (κ3) is 5.97. The zero-order chi connectivity index (χ0) is 24.7. The number of nitro groups is 1. The highest BCUT2D eigenvalue weighted by atomic mass is 16.6. The molecule has 2 aromatic carbocycles. The molecule has 11 heteroatoms. The Labute approximate surface area is 195 Å². The van der Waals surface area contributed by atoms with Gasteiger partial charge in [0, 0.05) is 29.6 Å². The van der Waals surface area contributed by atoms with Crippen molar-refractivity contribution in [3.05, 3.63) is 82.2 Å². The van der Waals surface area contributed by atoms with E-state index in [2.05, 4.69) is 15.6 Å². The van der Waals surface area contributed by atoms with Crippen LogP contribution < -0.4 is 25.8 Å². The van der Waals surface area contributed by atoms with E-state index in [1.54, 1.807) is 24.4 Å². The van der Waals surface area contributed by atoms with Gasteiger partial charge in [0.1, 0.15) is 5.69 Å². The minimum absolute atomic E-state index is 0.0816. The molecule has 0 bridgehead atoms. The number of carbonyl (C=O) groups is 2. The van der Waals surface area contributed by atoms with Crippen molar-refractivity contribution in [3.63, 3.8) is 0 Å². The molecule has 4 N–H and O–H groups in total. The van der Waals surface area contributed by atoms with Gasteiger partial charge in [-0.3, -0.25) is 24.7 Å². The number of hydrogen-bond donors (Lipinski definition) is 3. The summed E-state index contributed by atoms with van der Waals surface area (Å²) < 4.78 is 10.5. The number of methoxy groups -OCH3 is 1. The molecule has 11 nitrogen and oxygen atoms in total. The van der Waals surface area contributed by atoms with Gasteiger partial charge in [-0.05, 0) is 43.3 Å². The summed E-state index contributed by atoms with van der Waals surface area (Å²) in [5.74, 6) is -0.700. The van der Waals surface area contributed by atoms with Crippen LogP contribution in [0.3, 0.4) is 0 Å². The number of nitro benzene ring substituents is 1. The second kappa shape index (κ2) is 10.8. The fourth-order valence-electron chi connectivity index (χ4n) is 3.10. The summed E-state index contributed by atoms with van der Waals surface area (Å²) in [4.78, 5) is 39.1. The Hall–Kier alpha value is -4.67. The molecule has 0 radical (unpaired) electrons. The molecule has 0 saturated carbocycles. The van der Waals surface area contributed by atoms with E-state index in [0.717, 1.165) is 0 Å². The van der Waals surface area contributed by atoms with E-state index < -0.39 is 16.7 Å². The van der Waals surface area contributed by atoms with Crippen LogP contribution in [0, 0.1) is 10.1 Å². The molecule has 0 aliphatic carbocycles. The lowest BCUT2D eigenvalue weighted by atomic mass is 10.1. The molecular weight excluding hydrogens is 442 g/mol. The van der Waals surface area contributed by atoms with E-state index >= 15 is 0 Å². The van der Waals surface area contributed by atoms with Crippen LogP contribution in [0.4, 0.5) is 17.1 Å². The van der Waals surface area contributed by atoms with E-state index in [9.17, 15) is 19.7 Å². The number of anilines is 2. The molecule has 0 saturated heterocycles. The predicted octanol–water partition coefficient (Wildman–Crippen LogP) is 3.29. The molecule has 2 amide bonds. The molecule has 3 rings (SSSR count). The number of amides is 2. The van der Waals surface area contributed by atoms with Crippen LogP contribution in [-0.2, 0) is 4.79 Å². The van der Waals surface area contributed by atoms with Gasteiger partial charge in [0.25, 0.3) is 17.5 Å². The number of pyridine rings is 1. The monoisotopic (exact) mass is 465 g/mol. The van der Waals surface area contributed by atoms with Crippen molar-refractivity contribution in [2.24, 2.45) is 5.73 Å². The van der Waals surface area contributed by atoms with Gasteiger partial charge in [0.2, 0.25) is 0 Å². The summed E-state index contributed by atoms with van der Waals surface area (Å²) in [7, 11) is 1.42. The molecule has 1 aromatic heterocycles. The number of nitrogens with zero attached hydrogens (tertiary/aromatic N) is 2. The average molecular weight is 465 g/mol. The van der Waals surface area contributed by atoms with E-state index in [0.29, 0.717) is 17.1 Å². The molecule has 3 aromatic rings. The van der Waals surface area contributed by atoms with Gasteiger partial charge in [0.05, 0.1) is 23.8 Å². The molecule has 0 fully saturated rings. The summed E-state index contributed by atoms with van der Waals surface area (Å²) >= 11 is 0. The van der Waals surface area contributed by atoms with Gasteiger partial charge < -0.3 is 25.8 Å². The van der Waals surface area contributed by atoms with Crippen LogP contribution in [0.15, 0.2) is 60.8 Å². The van der Waals surface area contributed by atoms with E-state index in [-0.39, 0.29) is 35.3 Å². The Kier molecular flexibility index (Phi) is 7.60. The molecule has 0 aliphatic rings. The Balaban J connectivity index is 1.80. The van der Waals surface area contributed by atoms with Crippen molar-refractivity contribution < 1.29 is 24.0 Å². The summed E-state index contributed by atoms with van der Waals surface area (Å²) in [5, 5.41) is 17.4. The standard InChI is InChI=1S/C23H23N5O6/c1-14(17-5-3-4-10-25-17)26-18-8-6-15(11-19(18)28(31)32)23(30)27-16-7-9-20(33-2)21(12-16)34-13-22(24)29/h3-12,14,26H,13H2,1-2H3,(H2,24,29)(H,27,30). The first kappa shape index (κ1) is 24.0. The second-order valence-electron chi connectivity index (χ2n) is 7.18. The maximum atomic E-state index is 12.8. The summed E-state index contributed by atoms with van der Waals surface area (Å²) in [5.41, 5.74) is 6.23. The Morgan fingerprint density at radius 2 is 1.94 bits per heavy atom. The number of rotatable bonds is 10. The maximum absolute atomic E-state index is 12.8. The fraction of sp³-hybridized carbons (Fsp3) is 0.174. The van der Waals surface area contributed by atoms with E-state index in [1.807, 2.05) is 19.1 Å². The zero-order valence-electron chi connectivity index (χ0n) is 18.5. The quantitative estimate of drug-likeness (QED) is 0.304. The van der Waals surface area contributed by atoms with Crippen LogP contribution in [0.25, 0.3) is 0 Å². The molecule has 176 valence electrons. The predicted molar refractivity (Wildman–Crippen MR) is 125 cm³/mol. The van der Waals surface area contributed by atoms with Crippen molar-refractivity contribution in [3.8, 4) is 11.5 Å². The zero-order valence-corrected chi connectivity index (χ0v) is 18.5. The lowest BCUT2D eigenvalue weighted by molar-refractivity contribution is -0.384. The number of carbonyl (C=O) groups excluding carboxylic acids is 2. The molecule has 0 aliphatic heterocycles. The third-order valence-electron chi connectivity index (χ3n) is 4.75. The van der Waals surface area contributed by atoms with Crippen molar-refractivity contribution >= 4 is 28.9 Å². The SMILES string of the molecule is COc1ccc(NC(=O)c2ccc(NC(C)c3ccccn3)c([N+](=O)[O-])c2)cc1OCC(N)=O. The summed E-state index contributed by atoms with van der Waals surface area (Å²) in [6, 6.07) is 13.8. The second-order valence-corrected chi connectivity index (χ2v) is 7.18. The molecule has 1 unspecified atom stereocenters. The highest BCUT2D eigenvalue weighted by Gasteiger charge is 2.20. The normalized spacial score (nSPS) is 11.2. The number of benzene rings is 2. The van der Waals surface area contributed by atoms with Crippen molar-refractivity contribution in [2.45, 2.75) is 13.0 Å². The number of nitrogens with one attached hydrogen (secondary N) is 2. The highest BCUT2D eigenvalue weighted by Crippen LogP contribution is 2.32. The molecular formula is C23H23N5O6. The van der Waals surface area contributed by atoms with Gasteiger partial charge in [-0.25, -0.2) is 0 Å². The number of nitrogens with two attached hydrogens (primary N) is 1. The third-order valence-corrected chi connectivity index (χ3v) is 4.75. The smallest absolute Gasteiger partial charge is 0.293 e. The Morgan fingerprint density at radius 1 is 1.15 bits per heavy atom. The largest absolute Gasteiger partial charge is 0.493 e. The van der Waals surface area contributed by atoms with Gasteiger partial charge in [0.15, 0.2) is 18.1 Å². The topological polar surface area (TPSA) is 159 Å². The minimum Gasteiger partial charge on any atom is -0.493 e. The van der Waals surface area contributed by atoms with Crippen LogP contribution in [0.2, 0.25) is 0 Å². The number of ether oxygens (including phenoxy) is 2. The van der Waals surface area contributed by atoms with Crippen LogP contribution in [0.5, 0.6) is 11.5 Å². The Bertz CT molecular complexity index is 1200. The molecule has 1 atom stereocenters.